The average Bonchev–Trinajstić information content (AvgIpc) is 2.04. The Labute approximate surface area is 65.9 Å². The number of fused-ring (bicyclic) bond motifs is 1. The number of aliphatic hydroxyl groups excluding tert-OH is 1. The van der Waals surface area contributed by atoms with Gasteiger partial charge in [0.1, 0.15) is 6.23 Å². The van der Waals surface area contributed by atoms with E-state index in [0.29, 0.717) is 0 Å². The van der Waals surface area contributed by atoms with Gasteiger partial charge in [-0.3, -0.25) is 0 Å². The summed E-state index contributed by atoms with van der Waals surface area (Å²) in [4.78, 5) is 0. The molecule has 0 saturated heterocycles. The van der Waals surface area contributed by atoms with Gasteiger partial charge >= 0.3 is 0 Å². The van der Waals surface area contributed by atoms with Gasteiger partial charge in [0, 0.05) is 5.69 Å². The zero-order chi connectivity index (χ0) is 7.68. The van der Waals surface area contributed by atoms with Crippen molar-refractivity contribution in [3.05, 3.63) is 29.8 Å². The highest BCUT2D eigenvalue weighted by Crippen LogP contribution is 2.22. The van der Waals surface area contributed by atoms with Crippen LogP contribution in [0.5, 0.6) is 0 Å². The lowest BCUT2D eigenvalue weighted by Crippen LogP contribution is -2.24. The van der Waals surface area contributed by atoms with Gasteiger partial charge in [0.15, 0.2) is 0 Å². The van der Waals surface area contributed by atoms with Gasteiger partial charge in [-0.2, -0.15) is 0 Å². The summed E-state index contributed by atoms with van der Waals surface area (Å²) in [6.45, 7) is 0. The van der Waals surface area contributed by atoms with Crippen LogP contribution in [0.3, 0.4) is 0 Å². The quantitative estimate of drug-likeness (QED) is 0.583. The topological polar surface area (TPSA) is 32.3 Å². The van der Waals surface area contributed by atoms with Crippen LogP contribution < -0.4 is 5.32 Å². The Morgan fingerprint density at radius 1 is 1.36 bits per heavy atom. The van der Waals surface area contributed by atoms with Crippen molar-refractivity contribution in [3.63, 3.8) is 0 Å². The van der Waals surface area contributed by atoms with Crippen LogP contribution in [0.25, 0.3) is 0 Å². The molecule has 1 unspecified atom stereocenters. The predicted molar refractivity (Wildman–Crippen MR) is 44.4 cm³/mol. The minimum Gasteiger partial charge on any atom is -0.374 e. The van der Waals surface area contributed by atoms with Crippen LogP contribution in [0, 0.1) is 0 Å². The monoisotopic (exact) mass is 149 g/mol. The molecule has 1 aromatic carbocycles. The number of aliphatic hydroxyl groups is 1. The van der Waals surface area contributed by atoms with Gasteiger partial charge in [-0.15, -0.1) is 0 Å². The normalized spacial score (nSPS) is 22.1. The molecule has 0 aliphatic carbocycles. The van der Waals surface area contributed by atoms with Gasteiger partial charge < -0.3 is 10.4 Å². The largest absolute Gasteiger partial charge is 0.374 e. The number of anilines is 1. The van der Waals surface area contributed by atoms with Crippen molar-refractivity contribution in [1.29, 1.82) is 0 Å². The van der Waals surface area contributed by atoms with E-state index >= 15 is 0 Å². The lowest BCUT2D eigenvalue weighted by atomic mass is 10.0. The number of nitrogens with one attached hydrogen (secondary N) is 1. The van der Waals surface area contributed by atoms with Gasteiger partial charge in [-0.1, -0.05) is 18.2 Å². The Hall–Kier alpha value is -1.02. The van der Waals surface area contributed by atoms with E-state index in [1.54, 1.807) is 0 Å². The van der Waals surface area contributed by atoms with E-state index in [4.69, 9.17) is 0 Å². The van der Waals surface area contributed by atoms with E-state index in [1.807, 2.05) is 18.2 Å². The fraction of sp³-hybridized carbons (Fsp3) is 0.333. The second kappa shape index (κ2) is 2.55. The van der Waals surface area contributed by atoms with Crippen LogP contribution in [0.2, 0.25) is 0 Å². The smallest absolute Gasteiger partial charge is 0.124 e. The highest BCUT2D eigenvalue weighted by Gasteiger charge is 2.13. The fourth-order valence-corrected chi connectivity index (χ4v) is 1.42. The minimum atomic E-state index is -0.357. The van der Waals surface area contributed by atoms with E-state index in [2.05, 4.69) is 11.4 Å². The van der Waals surface area contributed by atoms with Gasteiger partial charge in [0.05, 0.1) is 0 Å². The van der Waals surface area contributed by atoms with E-state index < -0.39 is 0 Å². The molecule has 0 amide bonds. The fourth-order valence-electron chi connectivity index (χ4n) is 1.42. The number of rotatable bonds is 0. The number of hydrogen-bond donors (Lipinski definition) is 2. The lowest BCUT2D eigenvalue weighted by Gasteiger charge is -2.22. The first-order valence-electron chi connectivity index (χ1n) is 3.89. The Bertz CT molecular complexity index is 259. The Kier molecular flexibility index (Phi) is 1.55. The highest BCUT2D eigenvalue weighted by atomic mass is 16.3. The molecule has 0 fully saturated rings. The van der Waals surface area contributed by atoms with Gasteiger partial charge in [-0.05, 0) is 24.5 Å². The first-order chi connectivity index (χ1) is 5.36. The summed E-state index contributed by atoms with van der Waals surface area (Å²) in [5.41, 5.74) is 2.38. The van der Waals surface area contributed by atoms with Crippen LogP contribution in [0.1, 0.15) is 12.0 Å². The van der Waals surface area contributed by atoms with Crippen LogP contribution in [-0.4, -0.2) is 11.3 Å². The van der Waals surface area contributed by atoms with Gasteiger partial charge in [0.25, 0.3) is 0 Å². The molecular weight excluding hydrogens is 138 g/mol. The molecule has 0 radical (unpaired) electrons. The van der Waals surface area contributed by atoms with Gasteiger partial charge in [0.2, 0.25) is 0 Å². The minimum absolute atomic E-state index is 0.357. The number of para-hydroxylation sites is 1. The summed E-state index contributed by atoms with van der Waals surface area (Å²) >= 11 is 0. The number of aryl methyl sites for hydroxylation is 1. The lowest BCUT2D eigenvalue weighted by molar-refractivity contribution is 0.189. The van der Waals surface area contributed by atoms with Crippen molar-refractivity contribution >= 4 is 5.69 Å². The van der Waals surface area contributed by atoms with Crippen molar-refractivity contribution in [3.8, 4) is 0 Å². The van der Waals surface area contributed by atoms with Gasteiger partial charge in [-0.25, -0.2) is 0 Å². The molecule has 58 valence electrons. The highest BCUT2D eigenvalue weighted by molar-refractivity contribution is 5.53. The molecule has 2 heteroatoms. The summed E-state index contributed by atoms with van der Waals surface area (Å²) in [5, 5.41) is 12.3. The predicted octanol–water partition coefficient (Wildman–Crippen LogP) is 1.36. The maximum absolute atomic E-state index is 9.24. The SMILES string of the molecule is OC1CCc2ccccc2N1. The van der Waals surface area contributed by atoms with E-state index in [-0.39, 0.29) is 6.23 Å². The summed E-state index contributed by atoms with van der Waals surface area (Å²) in [7, 11) is 0. The van der Waals surface area contributed by atoms with E-state index in [1.165, 1.54) is 5.56 Å². The zero-order valence-electron chi connectivity index (χ0n) is 6.25. The van der Waals surface area contributed by atoms with Crippen molar-refractivity contribution < 1.29 is 5.11 Å². The molecule has 2 rings (SSSR count). The first kappa shape index (κ1) is 6.68. The first-order valence-corrected chi connectivity index (χ1v) is 3.89. The van der Waals surface area contributed by atoms with Crippen molar-refractivity contribution in [2.75, 3.05) is 5.32 Å². The second-order valence-corrected chi connectivity index (χ2v) is 2.86. The number of benzene rings is 1. The summed E-state index contributed by atoms with van der Waals surface area (Å²) in [5.74, 6) is 0. The van der Waals surface area contributed by atoms with Crippen LogP contribution in [-0.2, 0) is 6.42 Å². The Morgan fingerprint density at radius 3 is 3.09 bits per heavy atom. The second-order valence-electron chi connectivity index (χ2n) is 2.86. The summed E-state index contributed by atoms with van der Waals surface area (Å²) < 4.78 is 0. The molecule has 2 nitrogen and oxygen atoms in total. The Morgan fingerprint density at radius 2 is 2.18 bits per heavy atom. The van der Waals surface area contributed by atoms with Crippen LogP contribution in [0.15, 0.2) is 24.3 Å². The number of hydrogen-bond acceptors (Lipinski definition) is 2. The van der Waals surface area contributed by atoms with E-state index in [9.17, 15) is 5.11 Å². The molecule has 0 spiro atoms. The standard InChI is InChI=1S/C9H11NO/c11-9-6-5-7-3-1-2-4-8(7)10-9/h1-4,9-11H,5-6H2. The third kappa shape index (κ3) is 1.21. The molecule has 1 heterocycles. The maximum atomic E-state index is 9.24. The van der Waals surface area contributed by atoms with E-state index in [0.717, 1.165) is 18.5 Å². The Balaban J connectivity index is 2.34. The van der Waals surface area contributed by atoms with Crippen molar-refractivity contribution in [1.82, 2.24) is 0 Å². The molecule has 1 aliphatic rings. The molecule has 0 saturated carbocycles. The molecule has 11 heavy (non-hydrogen) atoms. The third-order valence-electron chi connectivity index (χ3n) is 2.03. The molecule has 1 aromatic rings. The molecule has 0 bridgehead atoms. The molecular formula is C9H11NO. The average molecular weight is 149 g/mol. The van der Waals surface area contributed by atoms with Crippen molar-refractivity contribution in [2.45, 2.75) is 19.1 Å². The summed E-state index contributed by atoms with van der Waals surface area (Å²) in [6, 6.07) is 8.09. The third-order valence-corrected chi connectivity index (χ3v) is 2.03. The molecule has 1 atom stereocenters. The zero-order valence-corrected chi connectivity index (χ0v) is 6.25. The van der Waals surface area contributed by atoms with Crippen molar-refractivity contribution in [2.24, 2.45) is 0 Å². The molecule has 1 aliphatic heterocycles. The molecule has 2 N–H and O–H groups in total. The maximum Gasteiger partial charge on any atom is 0.124 e. The van der Waals surface area contributed by atoms with Crippen LogP contribution in [0.4, 0.5) is 5.69 Å². The van der Waals surface area contributed by atoms with Crippen LogP contribution >= 0.6 is 0 Å². The summed E-state index contributed by atoms with van der Waals surface area (Å²) in [6.07, 6.45) is 1.44. The molecule has 0 aromatic heterocycles.